The quantitative estimate of drug-likeness (QED) is 0.0796. The van der Waals surface area contributed by atoms with E-state index < -0.39 is 24.0 Å². The summed E-state index contributed by atoms with van der Waals surface area (Å²) in [5.41, 5.74) is 1.86. The number of benzene rings is 2. The molecular formula is C37H37Cl2FN4O9. The fourth-order valence-electron chi connectivity index (χ4n) is 6.34. The highest BCUT2D eigenvalue weighted by Gasteiger charge is 2.37. The van der Waals surface area contributed by atoms with Crippen LogP contribution in [0.1, 0.15) is 46.0 Å². The lowest BCUT2D eigenvalue weighted by atomic mass is 9.86. The Morgan fingerprint density at radius 3 is 2.30 bits per heavy atom. The first-order chi connectivity index (χ1) is 25.5. The van der Waals surface area contributed by atoms with Gasteiger partial charge < -0.3 is 29.3 Å². The van der Waals surface area contributed by atoms with Crippen molar-refractivity contribution in [3.63, 3.8) is 0 Å². The van der Waals surface area contributed by atoms with Crippen molar-refractivity contribution >= 4 is 47.6 Å². The summed E-state index contributed by atoms with van der Waals surface area (Å²) in [4.78, 5) is 43.3. The van der Waals surface area contributed by atoms with Crippen molar-refractivity contribution in [3.05, 3.63) is 117 Å². The van der Waals surface area contributed by atoms with Crippen molar-refractivity contribution in [2.24, 2.45) is 5.92 Å². The zero-order chi connectivity index (χ0) is 38.1. The Labute approximate surface area is 314 Å². The lowest BCUT2D eigenvalue weighted by Gasteiger charge is -2.44. The topological polar surface area (TPSA) is 155 Å². The molecule has 2 aromatic heterocycles. The molecule has 13 nitrogen and oxygen atoms in total. The van der Waals surface area contributed by atoms with Crippen LogP contribution in [0.3, 0.4) is 0 Å². The zero-order valence-corrected chi connectivity index (χ0v) is 30.3. The summed E-state index contributed by atoms with van der Waals surface area (Å²) < 4.78 is 37.5. The van der Waals surface area contributed by atoms with Gasteiger partial charge in [0.05, 0.1) is 26.3 Å². The van der Waals surface area contributed by atoms with Crippen LogP contribution in [0.2, 0.25) is 10.0 Å². The van der Waals surface area contributed by atoms with Crippen molar-refractivity contribution < 1.29 is 47.6 Å². The Kier molecular flexibility index (Phi) is 13.3. The third-order valence-corrected chi connectivity index (χ3v) is 9.71. The summed E-state index contributed by atoms with van der Waals surface area (Å²) in [5.74, 6) is 0.110. The smallest absolute Gasteiger partial charge is 0.416 e. The molecule has 1 N–H and O–H groups in total. The van der Waals surface area contributed by atoms with Crippen molar-refractivity contribution in [3.8, 4) is 11.5 Å². The summed E-state index contributed by atoms with van der Waals surface area (Å²) in [6, 6.07) is 14.0. The van der Waals surface area contributed by atoms with Gasteiger partial charge in [0.1, 0.15) is 33.9 Å². The molecule has 0 radical (unpaired) electrons. The average molecular weight is 772 g/mol. The predicted molar refractivity (Wildman–Crippen MR) is 192 cm³/mol. The van der Waals surface area contributed by atoms with E-state index in [-0.39, 0.29) is 52.9 Å². The van der Waals surface area contributed by atoms with E-state index in [9.17, 15) is 19.2 Å². The molecular weight excluding hydrogens is 734 g/mol. The van der Waals surface area contributed by atoms with Crippen LogP contribution in [-0.4, -0.2) is 73.5 Å². The van der Waals surface area contributed by atoms with Crippen LogP contribution in [0.15, 0.2) is 73.2 Å². The van der Waals surface area contributed by atoms with E-state index in [0.717, 1.165) is 25.9 Å². The van der Waals surface area contributed by atoms with Crippen LogP contribution in [0.25, 0.3) is 0 Å². The standard InChI is InChI=1S/C36H35Cl2FN4O7.CH2O2/c1-47-30-8-7-25(15-32(30)48-2)31(17-27-28(37)19-42(46)20-29(27)38)49-35(44)24-5-3-22(4-6-24)18-43(34-16-26(39)9-12-40-34)36(45)50-33-21-41-13-10-23(33)11-14-41;2-1-3/h3-9,12,15-16,19-20,23,31,33H,10-11,13-14,17-18,21H2,1-2H3;1H,(H,2,3)/t31?,33-;/m0./s1. The first kappa shape index (κ1) is 39.0. The highest BCUT2D eigenvalue weighted by atomic mass is 35.5. The van der Waals surface area contributed by atoms with Gasteiger partial charge in [-0.3, -0.25) is 14.6 Å². The molecule has 7 rings (SSSR count). The number of ether oxygens (including phenoxy) is 4. The minimum absolute atomic E-state index is 0.0186. The monoisotopic (exact) mass is 770 g/mol. The third kappa shape index (κ3) is 9.83. The normalized spacial score (nSPS) is 17.8. The number of esters is 1. The van der Waals surface area contributed by atoms with Crippen LogP contribution in [-0.2, 0) is 27.2 Å². The second-order valence-electron chi connectivity index (χ2n) is 12.3. The van der Waals surface area contributed by atoms with Gasteiger partial charge in [-0.15, -0.1) is 0 Å². The largest absolute Gasteiger partial charge is 0.619 e. The SMILES string of the molecule is COc1ccc(C(Cc2c(Cl)c[n+]([O-])cc2Cl)OC(=O)c2ccc(CN(C(=O)O[C@H]3CN4CCC3CC4)c3cc(F)ccn3)cc2)cc1OC.O=CO. The van der Waals surface area contributed by atoms with Crippen molar-refractivity contribution in [2.45, 2.75) is 38.0 Å². The molecule has 2 atom stereocenters. The zero-order valence-electron chi connectivity index (χ0n) is 28.8. The average Bonchev–Trinajstić information content (AvgIpc) is 3.15. The van der Waals surface area contributed by atoms with Crippen LogP contribution < -0.4 is 19.1 Å². The fourth-order valence-corrected chi connectivity index (χ4v) is 6.93. The van der Waals surface area contributed by atoms with Gasteiger partial charge in [0.25, 0.3) is 6.47 Å². The summed E-state index contributed by atoms with van der Waals surface area (Å²) in [6.45, 7) is 2.42. The number of nitrogens with zero attached hydrogens (tertiary/aromatic N) is 4. The molecule has 3 aliphatic heterocycles. The number of hydrogen-bond acceptors (Lipinski definition) is 10. The van der Waals surface area contributed by atoms with Crippen molar-refractivity contribution in [1.82, 2.24) is 9.88 Å². The maximum absolute atomic E-state index is 14.2. The predicted octanol–water partition coefficient (Wildman–Crippen LogP) is 6.26. The van der Waals surface area contributed by atoms with E-state index in [4.69, 9.17) is 52.1 Å². The van der Waals surface area contributed by atoms with Gasteiger partial charge in [-0.2, -0.15) is 4.73 Å². The van der Waals surface area contributed by atoms with Gasteiger partial charge in [0.2, 0.25) is 0 Å². The van der Waals surface area contributed by atoms with Crippen molar-refractivity contribution in [1.29, 1.82) is 0 Å². The highest BCUT2D eigenvalue weighted by Crippen LogP contribution is 2.36. The number of carboxylic acid groups (broad SMARTS) is 1. The summed E-state index contributed by atoms with van der Waals surface area (Å²) in [7, 11) is 3.00. The number of halogens is 3. The van der Waals surface area contributed by atoms with E-state index in [1.165, 1.54) is 49.8 Å². The molecule has 2 aromatic carbocycles. The third-order valence-electron chi connectivity index (χ3n) is 9.06. The van der Waals surface area contributed by atoms with E-state index in [0.29, 0.717) is 39.5 Å². The lowest BCUT2D eigenvalue weighted by Crippen LogP contribution is -2.53. The minimum atomic E-state index is -0.893. The van der Waals surface area contributed by atoms with Gasteiger partial charge in [-0.05, 0) is 73.3 Å². The molecule has 4 aromatic rings. The minimum Gasteiger partial charge on any atom is -0.619 e. The molecule has 5 heterocycles. The number of methoxy groups -OCH3 is 2. The van der Waals surface area contributed by atoms with Gasteiger partial charge in [0.15, 0.2) is 23.9 Å². The number of pyridine rings is 2. The fraction of sp³-hybridized carbons (Fsp3) is 0.324. The molecule has 53 heavy (non-hydrogen) atoms. The molecule has 3 fully saturated rings. The van der Waals surface area contributed by atoms with Crippen LogP contribution in [0, 0.1) is 16.9 Å². The second-order valence-corrected chi connectivity index (χ2v) is 13.1. The molecule has 0 spiro atoms. The van der Waals surface area contributed by atoms with Crippen LogP contribution >= 0.6 is 23.2 Å². The number of aromatic nitrogens is 2. The molecule has 1 unspecified atom stereocenters. The second kappa shape index (κ2) is 18.0. The molecule has 280 valence electrons. The van der Waals surface area contributed by atoms with Crippen LogP contribution in [0.4, 0.5) is 15.0 Å². The number of rotatable bonds is 11. The van der Waals surface area contributed by atoms with Gasteiger partial charge in [-0.1, -0.05) is 41.4 Å². The molecule has 1 amide bonds. The summed E-state index contributed by atoms with van der Waals surface area (Å²) in [5, 5.41) is 19.0. The molecule has 3 saturated heterocycles. The van der Waals surface area contributed by atoms with Gasteiger partial charge in [0, 0.05) is 30.8 Å². The Bertz CT molecular complexity index is 1890. The van der Waals surface area contributed by atoms with Gasteiger partial charge >= 0.3 is 12.1 Å². The van der Waals surface area contributed by atoms with Crippen LogP contribution in [0.5, 0.6) is 11.5 Å². The Morgan fingerprint density at radius 2 is 1.72 bits per heavy atom. The Hall–Kier alpha value is -5.18. The molecule has 16 heteroatoms. The van der Waals surface area contributed by atoms with Crippen molar-refractivity contribution in [2.75, 3.05) is 38.8 Å². The number of carbonyl (C=O) groups excluding carboxylic acids is 2. The highest BCUT2D eigenvalue weighted by molar-refractivity contribution is 6.35. The number of anilines is 1. The molecule has 0 aliphatic carbocycles. The first-order valence-electron chi connectivity index (χ1n) is 16.5. The molecule has 0 saturated carbocycles. The first-order valence-corrected chi connectivity index (χ1v) is 17.3. The maximum atomic E-state index is 14.2. The van der Waals surface area contributed by atoms with E-state index in [2.05, 4.69) is 9.88 Å². The number of piperidine rings is 3. The van der Waals surface area contributed by atoms with E-state index in [1.54, 1.807) is 42.5 Å². The maximum Gasteiger partial charge on any atom is 0.416 e. The number of fused-ring (bicyclic) bond motifs is 3. The number of amides is 1. The van der Waals surface area contributed by atoms with E-state index >= 15 is 0 Å². The Morgan fingerprint density at radius 1 is 1.06 bits per heavy atom. The number of carbonyl (C=O) groups is 3. The molecule has 2 bridgehead atoms. The van der Waals surface area contributed by atoms with E-state index in [1.807, 2.05) is 0 Å². The summed E-state index contributed by atoms with van der Waals surface area (Å²) in [6.07, 6.45) is 3.85. The lowest BCUT2D eigenvalue weighted by molar-refractivity contribution is -0.605. The summed E-state index contributed by atoms with van der Waals surface area (Å²) >= 11 is 12.8. The Balaban J connectivity index is 0.00000175. The molecule has 3 aliphatic rings. The number of hydrogen-bond donors (Lipinski definition) is 1. The van der Waals surface area contributed by atoms with Gasteiger partial charge in [-0.25, -0.2) is 19.0 Å².